The molecule has 0 spiro atoms. The van der Waals surface area contributed by atoms with Gasteiger partial charge in [0, 0.05) is 39.3 Å². The Balaban J connectivity index is 1.22. The second-order valence-electron chi connectivity index (χ2n) is 8.00. The minimum absolute atomic E-state index is 0.211. The molecular formula is C23H29N3O3. The molecule has 6 nitrogen and oxygen atoms in total. The van der Waals surface area contributed by atoms with Crippen LogP contribution in [0.25, 0.3) is 0 Å². The number of amides is 1. The third-order valence-corrected chi connectivity index (χ3v) is 5.55. The molecule has 0 radical (unpaired) electrons. The fourth-order valence-corrected chi connectivity index (χ4v) is 3.84. The number of aryl methyl sites for hydroxylation is 1. The molecule has 0 bridgehead atoms. The van der Waals surface area contributed by atoms with Gasteiger partial charge in [0.15, 0.2) is 11.5 Å². The van der Waals surface area contributed by atoms with Crippen LogP contribution in [0.15, 0.2) is 42.5 Å². The molecule has 2 aliphatic rings. The molecule has 0 N–H and O–H groups in total. The summed E-state index contributed by atoms with van der Waals surface area (Å²) in [5.41, 5.74) is 3.71. The van der Waals surface area contributed by atoms with Gasteiger partial charge >= 0.3 is 0 Å². The van der Waals surface area contributed by atoms with Crippen LogP contribution < -0.4 is 9.47 Å². The van der Waals surface area contributed by atoms with E-state index in [2.05, 4.69) is 53.1 Å². The van der Waals surface area contributed by atoms with Gasteiger partial charge in [0.2, 0.25) is 12.7 Å². The van der Waals surface area contributed by atoms with Crippen LogP contribution in [-0.2, 0) is 17.9 Å². The molecule has 1 fully saturated rings. The Bertz CT molecular complexity index is 845. The topological polar surface area (TPSA) is 45.3 Å². The summed E-state index contributed by atoms with van der Waals surface area (Å²) in [6, 6.07) is 14.6. The number of nitrogens with zero attached hydrogens (tertiary/aromatic N) is 3. The van der Waals surface area contributed by atoms with Crippen molar-refractivity contribution < 1.29 is 14.3 Å². The summed E-state index contributed by atoms with van der Waals surface area (Å²) in [5.74, 6) is 1.86. The quantitative estimate of drug-likeness (QED) is 0.752. The van der Waals surface area contributed by atoms with Gasteiger partial charge in [0.25, 0.3) is 0 Å². The lowest BCUT2D eigenvalue weighted by Gasteiger charge is -2.35. The number of fused-ring (bicyclic) bond motifs is 1. The van der Waals surface area contributed by atoms with E-state index >= 15 is 0 Å². The Morgan fingerprint density at radius 3 is 2.41 bits per heavy atom. The number of rotatable bonds is 6. The van der Waals surface area contributed by atoms with Crippen molar-refractivity contribution >= 4 is 5.91 Å². The number of ether oxygens (including phenoxy) is 2. The summed E-state index contributed by atoms with van der Waals surface area (Å²) in [4.78, 5) is 19.1. The minimum atomic E-state index is 0.211. The molecule has 29 heavy (non-hydrogen) atoms. The number of piperazine rings is 1. The molecule has 1 saturated heterocycles. The molecule has 0 aliphatic carbocycles. The van der Waals surface area contributed by atoms with Gasteiger partial charge in [-0.3, -0.25) is 14.6 Å². The number of carbonyl (C=O) groups excluding carboxylic acids is 1. The number of carbonyl (C=O) groups is 1. The first kappa shape index (κ1) is 19.7. The highest BCUT2D eigenvalue weighted by molar-refractivity contribution is 5.78. The molecule has 2 heterocycles. The van der Waals surface area contributed by atoms with Crippen LogP contribution in [0.3, 0.4) is 0 Å². The van der Waals surface area contributed by atoms with Gasteiger partial charge in [-0.15, -0.1) is 0 Å². The van der Waals surface area contributed by atoms with Crippen molar-refractivity contribution in [1.29, 1.82) is 0 Å². The van der Waals surface area contributed by atoms with Gasteiger partial charge in [-0.05, 0) is 37.2 Å². The highest BCUT2D eigenvalue weighted by Crippen LogP contribution is 2.32. The highest BCUT2D eigenvalue weighted by atomic mass is 16.7. The largest absolute Gasteiger partial charge is 0.454 e. The standard InChI is InChI=1S/C23H29N3O3/c1-18-3-5-19(6-4-18)14-24(2)16-23(27)26-11-9-25(10-12-26)15-20-7-8-21-22(13-20)29-17-28-21/h3-8,13H,9-12,14-17H2,1-2H3. The summed E-state index contributed by atoms with van der Waals surface area (Å²) in [5, 5.41) is 0. The van der Waals surface area contributed by atoms with Gasteiger partial charge in [0.05, 0.1) is 6.54 Å². The number of likely N-dealkylation sites (N-methyl/N-ethyl adjacent to an activating group) is 1. The number of hydrogen-bond acceptors (Lipinski definition) is 5. The highest BCUT2D eigenvalue weighted by Gasteiger charge is 2.22. The van der Waals surface area contributed by atoms with Crippen LogP contribution in [0.1, 0.15) is 16.7 Å². The van der Waals surface area contributed by atoms with Crippen molar-refractivity contribution in [1.82, 2.24) is 14.7 Å². The molecule has 0 atom stereocenters. The molecule has 2 aromatic carbocycles. The van der Waals surface area contributed by atoms with Gasteiger partial charge in [-0.2, -0.15) is 0 Å². The fourth-order valence-electron chi connectivity index (χ4n) is 3.84. The number of benzene rings is 2. The molecule has 2 aliphatic heterocycles. The van der Waals surface area contributed by atoms with E-state index in [0.717, 1.165) is 50.8 Å². The molecule has 154 valence electrons. The summed E-state index contributed by atoms with van der Waals surface area (Å²) in [6.45, 7) is 7.84. The summed E-state index contributed by atoms with van der Waals surface area (Å²) in [6.07, 6.45) is 0. The van der Waals surface area contributed by atoms with Crippen LogP contribution in [-0.4, -0.2) is 67.2 Å². The average Bonchev–Trinajstić information content (AvgIpc) is 3.18. The van der Waals surface area contributed by atoms with E-state index in [9.17, 15) is 4.79 Å². The van der Waals surface area contributed by atoms with Gasteiger partial charge in [-0.1, -0.05) is 35.9 Å². The Morgan fingerprint density at radius 2 is 1.66 bits per heavy atom. The van der Waals surface area contributed by atoms with Crippen molar-refractivity contribution in [3.05, 3.63) is 59.2 Å². The first-order valence-electron chi connectivity index (χ1n) is 10.2. The van der Waals surface area contributed by atoms with E-state index in [1.54, 1.807) is 0 Å². The molecule has 0 aromatic heterocycles. The normalized spacial score (nSPS) is 16.4. The lowest BCUT2D eigenvalue weighted by atomic mass is 10.1. The average molecular weight is 396 g/mol. The van der Waals surface area contributed by atoms with Crippen LogP contribution in [0.4, 0.5) is 0 Å². The number of hydrogen-bond donors (Lipinski definition) is 0. The Hall–Kier alpha value is -2.57. The van der Waals surface area contributed by atoms with Gasteiger partial charge in [-0.25, -0.2) is 0 Å². The monoisotopic (exact) mass is 395 g/mol. The Morgan fingerprint density at radius 1 is 0.966 bits per heavy atom. The maximum Gasteiger partial charge on any atom is 0.236 e. The molecule has 4 rings (SSSR count). The van der Waals surface area contributed by atoms with Crippen molar-refractivity contribution in [3.8, 4) is 11.5 Å². The second kappa shape index (κ2) is 8.84. The maximum absolute atomic E-state index is 12.7. The molecule has 2 aromatic rings. The molecule has 0 unspecified atom stereocenters. The molecule has 0 saturated carbocycles. The van der Waals surface area contributed by atoms with Crippen LogP contribution >= 0.6 is 0 Å². The SMILES string of the molecule is Cc1ccc(CN(C)CC(=O)N2CCN(Cc3ccc4c(c3)OCO4)CC2)cc1. The van der Waals surface area contributed by atoms with Crippen molar-refractivity contribution in [3.63, 3.8) is 0 Å². The molecule has 6 heteroatoms. The lowest BCUT2D eigenvalue weighted by molar-refractivity contribution is -0.134. The van der Waals surface area contributed by atoms with Crippen LogP contribution in [0.5, 0.6) is 11.5 Å². The Kier molecular flexibility index (Phi) is 6.02. The first-order valence-corrected chi connectivity index (χ1v) is 10.2. The van der Waals surface area contributed by atoms with E-state index in [0.29, 0.717) is 13.3 Å². The van der Waals surface area contributed by atoms with E-state index in [1.165, 1.54) is 16.7 Å². The third-order valence-electron chi connectivity index (χ3n) is 5.55. The van der Waals surface area contributed by atoms with Crippen molar-refractivity contribution in [2.45, 2.75) is 20.0 Å². The summed E-state index contributed by atoms with van der Waals surface area (Å²) < 4.78 is 10.8. The Labute approximate surface area is 172 Å². The fraction of sp³-hybridized carbons (Fsp3) is 0.435. The predicted molar refractivity (Wildman–Crippen MR) is 112 cm³/mol. The first-order chi connectivity index (χ1) is 14.1. The van der Waals surface area contributed by atoms with Gasteiger partial charge < -0.3 is 14.4 Å². The van der Waals surface area contributed by atoms with Gasteiger partial charge in [0.1, 0.15) is 0 Å². The zero-order valence-electron chi connectivity index (χ0n) is 17.3. The van der Waals surface area contributed by atoms with E-state index < -0.39 is 0 Å². The maximum atomic E-state index is 12.7. The van der Waals surface area contributed by atoms with Crippen LogP contribution in [0, 0.1) is 6.92 Å². The van der Waals surface area contributed by atoms with E-state index in [4.69, 9.17) is 9.47 Å². The van der Waals surface area contributed by atoms with E-state index in [1.807, 2.05) is 18.0 Å². The van der Waals surface area contributed by atoms with Crippen LogP contribution in [0.2, 0.25) is 0 Å². The zero-order chi connectivity index (χ0) is 20.2. The minimum Gasteiger partial charge on any atom is -0.454 e. The summed E-state index contributed by atoms with van der Waals surface area (Å²) in [7, 11) is 2.01. The third kappa shape index (κ3) is 5.08. The zero-order valence-corrected chi connectivity index (χ0v) is 17.3. The second-order valence-corrected chi connectivity index (χ2v) is 8.00. The van der Waals surface area contributed by atoms with E-state index in [-0.39, 0.29) is 5.91 Å². The van der Waals surface area contributed by atoms with Crippen molar-refractivity contribution in [2.24, 2.45) is 0 Å². The lowest BCUT2D eigenvalue weighted by Crippen LogP contribution is -2.50. The predicted octanol–water partition coefficient (Wildman–Crippen LogP) is 2.50. The molecule has 1 amide bonds. The smallest absolute Gasteiger partial charge is 0.236 e. The van der Waals surface area contributed by atoms with Crippen molar-refractivity contribution in [2.75, 3.05) is 46.6 Å². The molecular weight excluding hydrogens is 366 g/mol. The summed E-state index contributed by atoms with van der Waals surface area (Å²) >= 11 is 0.